The largest absolute Gasteiger partial charge is 0.298 e. The Labute approximate surface area is 82.1 Å². The highest BCUT2D eigenvalue weighted by atomic mass is 35.5. The minimum atomic E-state index is -0.331. The van der Waals surface area contributed by atoms with Gasteiger partial charge in [0.1, 0.15) is 5.78 Å². The van der Waals surface area contributed by atoms with Gasteiger partial charge in [0.2, 0.25) is 0 Å². The van der Waals surface area contributed by atoms with E-state index in [9.17, 15) is 4.79 Å². The summed E-state index contributed by atoms with van der Waals surface area (Å²) in [6, 6.07) is 7.12. The van der Waals surface area contributed by atoms with Gasteiger partial charge in [-0.05, 0) is 24.6 Å². The van der Waals surface area contributed by atoms with Crippen molar-refractivity contribution in [2.75, 3.05) is 0 Å². The molecule has 1 nitrogen and oxygen atoms in total. The summed E-state index contributed by atoms with van der Waals surface area (Å²) in [6.45, 7) is 1.52. The van der Waals surface area contributed by atoms with E-state index in [0.29, 0.717) is 5.02 Å². The van der Waals surface area contributed by atoms with Crippen LogP contribution in [0.25, 0.3) is 0 Å². The van der Waals surface area contributed by atoms with E-state index in [2.05, 4.69) is 12.6 Å². The first-order valence-electron chi connectivity index (χ1n) is 3.55. The molecule has 0 saturated heterocycles. The molecule has 0 aliphatic heterocycles. The fraction of sp³-hybridized carbons (Fsp3) is 0.222. The molecule has 0 radical (unpaired) electrons. The third-order valence-corrected chi connectivity index (χ3v) is 2.48. The van der Waals surface area contributed by atoms with Gasteiger partial charge >= 0.3 is 0 Å². The number of carbonyl (C=O) groups is 1. The highest BCUT2D eigenvalue weighted by Crippen LogP contribution is 2.22. The Morgan fingerprint density at radius 2 is 1.92 bits per heavy atom. The second-order valence-corrected chi connectivity index (χ2v) is 3.52. The van der Waals surface area contributed by atoms with Crippen molar-refractivity contribution in [1.82, 2.24) is 0 Å². The van der Waals surface area contributed by atoms with Gasteiger partial charge in [0.15, 0.2) is 0 Å². The van der Waals surface area contributed by atoms with Gasteiger partial charge in [0.05, 0.1) is 5.25 Å². The van der Waals surface area contributed by atoms with E-state index in [0.717, 1.165) is 5.56 Å². The van der Waals surface area contributed by atoms with Gasteiger partial charge in [-0.1, -0.05) is 23.7 Å². The number of benzene rings is 1. The second kappa shape index (κ2) is 3.97. The Balaban J connectivity index is 2.89. The molecule has 0 aliphatic carbocycles. The fourth-order valence-corrected chi connectivity index (χ4v) is 1.18. The van der Waals surface area contributed by atoms with Crippen molar-refractivity contribution >= 4 is 30.0 Å². The summed E-state index contributed by atoms with van der Waals surface area (Å²) in [5, 5.41) is 0.338. The van der Waals surface area contributed by atoms with Gasteiger partial charge in [-0.2, -0.15) is 12.6 Å². The standard InChI is InChI=1S/C9H9ClOS/c1-6(11)9(12)7-2-4-8(10)5-3-7/h2-5,9,12H,1H3. The van der Waals surface area contributed by atoms with E-state index in [4.69, 9.17) is 11.6 Å². The van der Waals surface area contributed by atoms with Crippen molar-refractivity contribution in [3.8, 4) is 0 Å². The van der Waals surface area contributed by atoms with Crippen molar-refractivity contribution in [3.05, 3.63) is 34.9 Å². The topological polar surface area (TPSA) is 17.1 Å². The lowest BCUT2D eigenvalue weighted by molar-refractivity contribution is -0.116. The number of rotatable bonds is 2. The van der Waals surface area contributed by atoms with Crippen molar-refractivity contribution in [3.63, 3.8) is 0 Å². The van der Waals surface area contributed by atoms with Crippen LogP contribution in [0.15, 0.2) is 24.3 Å². The Bertz CT molecular complexity index is 281. The molecule has 3 heteroatoms. The van der Waals surface area contributed by atoms with Gasteiger partial charge in [0, 0.05) is 5.02 Å². The first-order chi connectivity index (χ1) is 5.61. The minimum Gasteiger partial charge on any atom is -0.298 e. The number of hydrogen-bond acceptors (Lipinski definition) is 2. The van der Waals surface area contributed by atoms with E-state index in [-0.39, 0.29) is 11.0 Å². The van der Waals surface area contributed by atoms with Gasteiger partial charge in [0.25, 0.3) is 0 Å². The van der Waals surface area contributed by atoms with Gasteiger partial charge in [-0.25, -0.2) is 0 Å². The number of hydrogen-bond donors (Lipinski definition) is 1. The van der Waals surface area contributed by atoms with E-state index >= 15 is 0 Å². The van der Waals surface area contributed by atoms with Crippen LogP contribution in [-0.4, -0.2) is 5.78 Å². The molecular formula is C9H9ClOS. The molecule has 0 bridgehead atoms. The molecular weight excluding hydrogens is 192 g/mol. The highest BCUT2D eigenvalue weighted by Gasteiger charge is 2.10. The minimum absolute atomic E-state index is 0.0423. The lowest BCUT2D eigenvalue weighted by atomic mass is 10.1. The normalized spacial score (nSPS) is 12.6. The number of halogens is 1. The second-order valence-electron chi connectivity index (χ2n) is 2.56. The van der Waals surface area contributed by atoms with Crippen LogP contribution < -0.4 is 0 Å². The van der Waals surface area contributed by atoms with Crippen LogP contribution in [0.5, 0.6) is 0 Å². The first kappa shape index (κ1) is 9.62. The molecule has 1 rings (SSSR count). The Morgan fingerprint density at radius 3 is 2.33 bits per heavy atom. The van der Waals surface area contributed by atoms with Crippen molar-refractivity contribution in [2.45, 2.75) is 12.2 Å². The lowest BCUT2D eigenvalue weighted by Crippen LogP contribution is -2.00. The summed E-state index contributed by atoms with van der Waals surface area (Å²) in [5.41, 5.74) is 0.884. The first-order valence-corrected chi connectivity index (χ1v) is 4.44. The zero-order valence-electron chi connectivity index (χ0n) is 6.62. The third kappa shape index (κ3) is 2.26. The molecule has 0 amide bonds. The SMILES string of the molecule is CC(=O)C(S)c1ccc(Cl)cc1. The summed E-state index contributed by atoms with van der Waals surface area (Å²) in [4.78, 5) is 10.9. The Morgan fingerprint density at radius 1 is 1.42 bits per heavy atom. The molecule has 0 spiro atoms. The molecule has 0 heterocycles. The zero-order valence-corrected chi connectivity index (χ0v) is 8.27. The monoisotopic (exact) mass is 200 g/mol. The third-order valence-electron chi connectivity index (χ3n) is 1.57. The predicted molar refractivity (Wildman–Crippen MR) is 53.9 cm³/mol. The summed E-state index contributed by atoms with van der Waals surface area (Å²) in [7, 11) is 0. The van der Waals surface area contributed by atoms with Crippen LogP contribution in [0, 0.1) is 0 Å². The van der Waals surface area contributed by atoms with E-state index in [1.807, 2.05) is 0 Å². The van der Waals surface area contributed by atoms with E-state index in [1.54, 1.807) is 24.3 Å². The van der Waals surface area contributed by atoms with Crippen LogP contribution >= 0.6 is 24.2 Å². The van der Waals surface area contributed by atoms with Gasteiger partial charge < -0.3 is 0 Å². The summed E-state index contributed by atoms with van der Waals surface area (Å²) in [6.07, 6.45) is 0. The van der Waals surface area contributed by atoms with Crippen LogP contribution in [-0.2, 0) is 4.79 Å². The molecule has 0 N–H and O–H groups in total. The predicted octanol–water partition coefficient (Wildman–Crippen LogP) is 2.90. The molecule has 12 heavy (non-hydrogen) atoms. The summed E-state index contributed by atoms with van der Waals surface area (Å²) in [5.74, 6) is 0.0423. The summed E-state index contributed by atoms with van der Waals surface area (Å²) >= 11 is 9.84. The van der Waals surface area contributed by atoms with Crippen LogP contribution in [0.3, 0.4) is 0 Å². The average molecular weight is 201 g/mol. The maximum absolute atomic E-state index is 10.9. The molecule has 0 saturated carbocycles. The molecule has 1 aromatic carbocycles. The molecule has 0 fully saturated rings. The van der Waals surface area contributed by atoms with Crippen molar-refractivity contribution < 1.29 is 4.79 Å². The fourth-order valence-electron chi connectivity index (χ4n) is 0.880. The molecule has 0 aromatic heterocycles. The molecule has 1 unspecified atom stereocenters. The average Bonchev–Trinajstić information content (AvgIpc) is 2.04. The summed E-state index contributed by atoms with van der Waals surface area (Å²) < 4.78 is 0. The maximum atomic E-state index is 10.9. The van der Waals surface area contributed by atoms with Gasteiger partial charge in [-0.15, -0.1) is 0 Å². The van der Waals surface area contributed by atoms with E-state index < -0.39 is 0 Å². The molecule has 1 aromatic rings. The van der Waals surface area contributed by atoms with Crippen LogP contribution in [0.4, 0.5) is 0 Å². The quantitative estimate of drug-likeness (QED) is 0.727. The highest BCUT2D eigenvalue weighted by molar-refractivity contribution is 7.81. The van der Waals surface area contributed by atoms with E-state index in [1.165, 1.54) is 6.92 Å². The number of thiol groups is 1. The lowest BCUT2D eigenvalue weighted by Gasteiger charge is -2.05. The molecule has 0 aliphatic rings. The zero-order chi connectivity index (χ0) is 9.14. The van der Waals surface area contributed by atoms with Crippen molar-refractivity contribution in [2.24, 2.45) is 0 Å². The smallest absolute Gasteiger partial charge is 0.146 e. The number of carbonyl (C=O) groups excluding carboxylic acids is 1. The Hall–Kier alpha value is -0.470. The van der Waals surface area contributed by atoms with Gasteiger partial charge in [-0.3, -0.25) is 4.79 Å². The van der Waals surface area contributed by atoms with Crippen molar-refractivity contribution in [1.29, 1.82) is 0 Å². The number of ketones is 1. The molecule has 1 atom stereocenters. The maximum Gasteiger partial charge on any atom is 0.146 e. The van der Waals surface area contributed by atoms with Crippen LogP contribution in [0.1, 0.15) is 17.7 Å². The van der Waals surface area contributed by atoms with Crippen LogP contribution in [0.2, 0.25) is 5.02 Å². The number of Topliss-reactive ketones (excluding diaryl/α,β-unsaturated/α-hetero) is 1. The Kier molecular flexibility index (Phi) is 3.18. The molecule has 64 valence electrons.